The third-order valence-corrected chi connectivity index (χ3v) is 3.50. The Morgan fingerprint density at radius 2 is 2.10 bits per heavy atom. The molecule has 21 heavy (non-hydrogen) atoms. The zero-order valence-electron chi connectivity index (χ0n) is 10.7. The SMILES string of the molecule is N#Cc1ccc2c(c1)NC(=O)C2=Cc1cccc(Cl)c1F. The van der Waals surface area contributed by atoms with E-state index in [4.69, 9.17) is 16.9 Å². The lowest BCUT2D eigenvalue weighted by atomic mass is 10.0. The summed E-state index contributed by atoms with van der Waals surface area (Å²) in [7, 11) is 0. The number of benzene rings is 2. The molecule has 2 aromatic rings. The number of anilines is 1. The van der Waals surface area contributed by atoms with Crippen molar-refractivity contribution < 1.29 is 9.18 Å². The molecule has 0 atom stereocenters. The summed E-state index contributed by atoms with van der Waals surface area (Å²) in [6.07, 6.45) is 1.45. The van der Waals surface area contributed by atoms with Gasteiger partial charge in [0.25, 0.3) is 5.91 Å². The summed E-state index contributed by atoms with van der Waals surface area (Å²) in [6.45, 7) is 0. The molecular formula is C16H8ClFN2O. The van der Waals surface area contributed by atoms with Crippen LogP contribution >= 0.6 is 11.6 Å². The van der Waals surface area contributed by atoms with E-state index in [0.29, 0.717) is 22.4 Å². The van der Waals surface area contributed by atoms with Gasteiger partial charge in [-0.15, -0.1) is 0 Å². The Balaban J connectivity index is 2.13. The largest absolute Gasteiger partial charge is 0.321 e. The van der Waals surface area contributed by atoms with Crippen LogP contribution < -0.4 is 5.32 Å². The van der Waals surface area contributed by atoms with E-state index in [1.54, 1.807) is 30.3 Å². The molecule has 3 rings (SSSR count). The van der Waals surface area contributed by atoms with Crippen molar-refractivity contribution in [1.82, 2.24) is 0 Å². The lowest BCUT2D eigenvalue weighted by Gasteiger charge is -2.01. The monoisotopic (exact) mass is 298 g/mol. The van der Waals surface area contributed by atoms with Gasteiger partial charge in [0, 0.05) is 16.7 Å². The van der Waals surface area contributed by atoms with Gasteiger partial charge in [0.05, 0.1) is 22.3 Å². The second-order valence-electron chi connectivity index (χ2n) is 4.53. The molecule has 0 fully saturated rings. The quantitative estimate of drug-likeness (QED) is 0.813. The molecule has 0 aliphatic carbocycles. The van der Waals surface area contributed by atoms with Crippen LogP contribution in [0.2, 0.25) is 5.02 Å². The fourth-order valence-electron chi connectivity index (χ4n) is 2.19. The van der Waals surface area contributed by atoms with Gasteiger partial charge in [0.1, 0.15) is 5.82 Å². The molecule has 0 spiro atoms. The first-order valence-electron chi connectivity index (χ1n) is 6.12. The number of halogens is 2. The summed E-state index contributed by atoms with van der Waals surface area (Å²) in [6, 6.07) is 11.5. The predicted octanol–water partition coefficient (Wildman–Crippen LogP) is 3.84. The van der Waals surface area contributed by atoms with Crippen molar-refractivity contribution >= 4 is 34.8 Å². The highest BCUT2D eigenvalue weighted by atomic mass is 35.5. The fraction of sp³-hybridized carbons (Fsp3) is 0. The van der Waals surface area contributed by atoms with Crippen molar-refractivity contribution in [3.63, 3.8) is 0 Å². The van der Waals surface area contributed by atoms with Crippen LogP contribution in [0.5, 0.6) is 0 Å². The second-order valence-corrected chi connectivity index (χ2v) is 4.93. The Morgan fingerprint density at radius 1 is 1.29 bits per heavy atom. The lowest BCUT2D eigenvalue weighted by molar-refractivity contribution is -0.110. The van der Waals surface area contributed by atoms with Crippen LogP contribution in [0.15, 0.2) is 36.4 Å². The number of fused-ring (bicyclic) bond motifs is 1. The number of nitriles is 1. The Morgan fingerprint density at radius 3 is 2.86 bits per heavy atom. The molecule has 0 radical (unpaired) electrons. The standard InChI is InChI=1S/C16H8ClFN2O/c17-13-3-1-2-10(15(13)18)7-12-11-5-4-9(8-19)6-14(11)20-16(12)21/h1-7H,(H,20,21). The summed E-state index contributed by atoms with van der Waals surface area (Å²) in [5.74, 6) is -0.902. The lowest BCUT2D eigenvalue weighted by Crippen LogP contribution is -2.03. The summed E-state index contributed by atoms with van der Waals surface area (Å²) in [5, 5.41) is 11.5. The second kappa shape index (κ2) is 5.04. The number of carbonyl (C=O) groups excluding carboxylic acids is 1. The highest BCUT2D eigenvalue weighted by Gasteiger charge is 2.24. The molecule has 0 unspecified atom stereocenters. The van der Waals surface area contributed by atoms with Crippen molar-refractivity contribution in [1.29, 1.82) is 5.26 Å². The summed E-state index contributed by atoms with van der Waals surface area (Å²) < 4.78 is 13.9. The Kier molecular flexibility index (Phi) is 3.20. The number of rotatable bonds is 1. The smallest absolute Gasteiger partial charge is 0.256 e. The molecule has 0 bridgehead atoms. The van der Waals surface area contributed by atoms with Crippen LogP contribution in [0.1, 0.15) is 16.7 Å². The molecule has 1 amide bonds. The van der Waals surface area contributed by atoms with Gasteiger partial charge in [-0.1, -0.05) is 29.8 Å². The van der Waals surface area contributed by atoms with E-state index in [1.165, 1.54) is 12.1 Å². The maximum Gasteiger partial charge on any atom is 0.256 e. The van der Waals surface area contributed by atoms with Crippen molar-refractivity contribution in [2.24, 2.45) is 0 Å². The number of carbonyl (C=O) groups is 1. The number of amides is 1. The van der Waals surface area contributed by atoms with Crippen LogP contribution in [-0.2, 0) is 4.79 Å². The molecule has 0 saturated heterocycles. The first kappa shape index (κ1) is 13.3. The zero-order chi connectivity index (χ0) is 15.0. The molecule has 0 aromatic heterocycles. The van der Waals surface area contributed by atoms with Crippen LogP contribution in [0.4, 0.5) is 10.1 Å². The summed E-state index contributed by atoms with van der Waals surface area (Å²) in [4.78, 5) is 12.0. The topological polar surface area (TPSA) is 52.9 Å². The minimum absolute atomic E-state index is 0.00260. The van der Waals surface area contributed by atoms with Gasteiger partial charge >= 0.3 is 0 Å². The minimum atomic E-state index is -0.568. The van der Waals surface area contributed by atoms with Gasteiger partial charge in [-0.05, 0) is 24.3 Å². The molecule has 102 valence electrons. The average molecular weight is 299 g/mol. The van der Waals surface area contributed by atoms with Gasteiger partial charge in [-0.25, -0.2) is 4.39 Å². The number of nitrogens with zero attached hydrogens (tertiary/aromatic N) is 1. The maximum absolute atomic E-state index is 13.9. The van der Waals surface area contributed by atoms with Crippen LogP contribution in [0.3, 0.4) is 0 Å². The Hall–Kier alpha value is -2.64. The van der Waals surface area contributed by atoms with Gasteiger partial charge in [-0.2, -0.15) is 5.26 Å². The summed E-state index contributed by atoms with van der Waals surface area (Å²) in [5.41, 5.74) is 2.22. The molecule has 1 N–H and O–H groups in total. The highest BCUT2D eigenvalue weighted by molar-refractivity contribution is 6.35. The molecule has 5 heteroatoms. The van der Waals surface area contributed by atoms with E-state index in [2.05, 4.69) is 5.32 Å². The van der Waals surface area contributed by atoms with Crippen LogP contribution in [0.25, 0.3) is 11.6 Å². The fourth-order valence-corrected chi connectivity index (χ4v) is 2.38. The van der Waals surface area contributed by atoms with Crippen molar-refractivity contribution in [2.75, 3.05) is 5.32 Å². The van der Waals surface area contributed by atoms with E-state index in [-0.39, 0.29) is 16.5 Å². The van der Waals surface area contributed by atoms with Crippen molar-refractivity contribution in [3.8, 4) is 6.07 Å². The predicted molar refractivity (Wildman–Crippen MR) is 79.1 cm³/mol. The van der Waals surface area contributed by atoms with Crippen molar-refractivity contribution in [2.45, 2.75) is 0 Å². The Labute approximate surface area is 125 Å². The molecule has 1 aliphatic rings. The molecule has 1 heterocycles. The van der Waals surface area contributed by atoms with Gasteiger partial charge in [0.15, 0.2) is 0 Å². The number of hydrogen-bond acceptors (Lipinski definition) is 2. The molecule has 3 nitrogen and oxygen atoms in total. The minimum Gasteiger partial charge on any atom is -0.321 e. The van der Waals surface area contributed by atoms with E-state index in [0.717, 1.165) is 0 Å². The molecule has 2 aromatic carbocycles. The Bertz CT molecular complexity index is 837. The first-order valence-corrected chi connectivity index (χ1v) is 6.49. The molecule has 1 aliphatic heterocycles. The van der Waals surface area contributed by atoms with E-state index < -0.39 is 5.82 Å². The van der Waals surface area contributed by atoms with E-state index in [9.17, 15) is 9.18 Å². The number of hydrogen-bond donors (Lipinski definition) is 1. The molecular weight excluding hydrogens is 291 g/mol. The first-order chi connectivity index (χ1) is 10.1. The average Bonchev–Trinajstić information content (AvgIpc) is 2.79. The van der Waals surface area contributed by atoms with Crippen LogP contribution in [0, 0.1) is 17.1 Å². The molecule has 0 saturated carbocycles. The normalized spacial score (nSPS) is 14.7. The third-order valence-electron chi connectivity index (χ3n) is 3.21. The van der Waals surface area contributed by atoms with Gasteiger partial charge < -0.3 is 5.32 Å². The van der Waals surface area contributed by atoms with Crippen molar-refractivity contribution in [3.05, 3.63) is 63.9 Å². The van der Waals surface area contributed by atoms with Crippen LogP contribution in [-0.4, -0.2) is 5.91 Å². The van der Waals surface area contributed by atoms with E-state index in [1.807, 2.05) is 6.07 Å². The zero-order valence-corrected chi connectivity index (χ0v) is 11.4. The maximum atomic E-state index is 13.9. The van der Waals surface area contributed by atoms with Gasteiger partial charge in [0.2, 0.25) is 0 Å². The number of nitrogens with one attached hydrogen (secondary N) is 1. The highest BCUT2D eigenvalue weighted by Crippen LogP contribution is 2.34. The van der Waals surface area contributed by atoms with Gasteiger partial charge in [-0.3, -0.25) is 4.79 Å². The summed E-state index contributed by atoms with van der Waals surface area (Å²) >= 11 is 5.73. The van der Waals surface area contributed by atoms with E-state index >= 15 is 0 Å². The third kappa shape index (κ3) is 2.28.